The standard InChI is InChI=1S/C14H19FN2O2/c1-10-5-2-3-7-12(10)16-9-11-6-4-8-13(14(11)15)17(18)19/h4,6,8,10,12,16H,2-3,5,7,9H2,1H3. The van der Waals surface area contributed by atoms with E-state index in [9.17, 15) is 14.5 Å². The van der Waals surface area contributed by atoms with E-state index in [1.165, 1.54) is 31.4 Å². The summed E-state index contributed by atoms with van der Waals surface area (Å²) in [7, 11) is 0. The van der Waals surface area contributed by atoms with E-state index in [0.717, 1.165) is 6.42 Å². The van der Waals surface area contributed by atoms with Gasteiger partial charge in [0.2, 0.25) is 5.82 Å². The van der Waals surface area contributed by atoms with E-state index in [1.54, 1.807) is 6.07 Å². The third kappa shape index (κ3) is 3.29. The Morgan fingerprint density at radius 3 is 2.84 bits per heavy atom. The summed E-state index contributed by atoms with van der Waals surface area (Å²) in [6.07, 6.45) is 4.73. The molecule has 0 amide bonds. The van der Waals surface area contributed by atoms with Crippen LogP contribution in [0.4, 0.5) is 10.1 Å². The van der Waals surface area contributed by atoms with Gasteiger partial charge in [-0.25, -0.2) is 0 Å². The number of nitrogens with zero attached hydrogens (tertiary/aromatic N) is 1. The van der Waals surface area contributed by atoms with Gasteiger partial charge in [-0.1, -0.05) is 31.9 Å². The van der Waals surface area contributed by atoms with E-state index in [1.807, 2.05) is 0 Å². The van der Waals surface area contributed by atoms with Crippen molar-refractivity contribution in [2.75, 3.05) is 0 Å². The summed E-state index contributed by atoms with van der Waals surface area (Å²) in [4.78, 5) is 10.00. The van der Waals surface area contributed by atoms with Crippen LogP contribution in [0.2, 0.25) is 0 Å². The van der Waals surface area contributed by atoms with Gasteiger partial charge in [-0.2, -0.15) is 4.39 Å². The predicted molar refractivity (Wildman–Crippen MR) is 71.3 cm³/mol. The minimum atomic E-state index is -0.719. The van der Waals surface area contributed by atoms with Gasteiger partial charge in [-0.05, 0) is 18.8 Å². The molecular weight excluding hydrogens is 247 g/mol. The SMILES string of the molecule is CC1CCCCC1NCc1cccc([N+](=O)[O-])c1F. The molecule has 0 aromatic heterocycles. The first-order chi connectivity index (χ1) is 9.09. The Hall–Kier alpha value is -1.49. The highest BCUT2D eigenvalue weighted by Crippen LogP contribution is 2.25. The molecular formula is C14H19FN2O2. The van der Waals surface area contributed by atoms with Crippen LogP contribution in [0.3, 0.4) is 0 Å². The van der Waals surface area contributed by atoms with Crippen molar-refractivity contribution in [2.45, 2.75) is 45.2 Å². The lowest BCUT2D eigenvalue weighted by Crippen LogP contribution is -2.36. The lowest BCUT2D eigenvalue weighted by atomic mass is 9.86. The Kier molecular flexibility index (Phi) is 4.47. The summed E-state index contributed by atoms with van der Waals surface area (Å²) in [6, 6.07) is 4.71. The third-order valence-electron chi connectivity index (χ3n) is 3.92. The van der Waals surface area contributed by atoms with Crippen LogP contribution in [0.15, 0.2) is 18.2 Å². The number of rotatable bonds is 4. The Labute approximate surface area is 112 Å². The molecule has 2 rings (SSSR count). The van der Waals surface area contributed by atoms with Crippen LogP contribution in [0, 0.1) is 21.8 Å². The van der Waals surface area contributed by atoms with E-state index in [0.29, 0.717) is 24.1 Å². The van der Waals surface area contributed by atoms with Crippen molar-refractivity contribution in [1.29, 1.82) is 0 Å². The Morgan fingerprint density at radius 2 is 2.16 bits per heavy atom. The largest absolute Gasteiger partial charge is 0.310 e. The fourth-order valence-corrected chi connectivity index (χ4v) is 2.70. The number of hydrogen-bond acceptors (Lipinski definition) is 3. The van der Waals surface area contributed by atoms with E-state index >= 15 is 0 Å². The Morgan fingerprint density at radius 1 is 1.42 bits per heavy atom. The van der Waals surface area contributed by atoms with Crippen LogP contribution in [-0.4, -0.2) is 11.0 Å². The summed E-state index contributed by atoms with van der Waals surface area (Å²) in [6.45, 7) is 2.54. The van der Waals surface area contributed by atoms with Gasteiger partial charge in [0.1, 0.15) is 0 Å². The molecule has 4 nitrogen and oxygen atoms in total. The summed E-state index contributed by atoms with van der Waals surface area (Å²) in [5.74, 6) is -0.140. The zero-order chi connectivity index (χ0) is 13.8. The van der Waals surface area contributed by atoms with Gasteiger partial charge < -0.3 is 5.32 Å². The summed E-state index contributed by atoms with van der Waals surface area (Å²) in [5.41, 5.74) is -0.0806. The van der Waals surface area contributed by atoms with Crippen LogP contribution in [-0.2, 0) is 6.54 Å². The molecule has 1 saturated carbocycles. The Bertz CT molecular complexity index is 465. The van der Waals surface area contributed by atoms with Crippen molar-refractivity contribution in [2.24, 2.45) is 5.92 Å². The number of nitro benzene ring substituents is 1. The van der Waals surface area contributed by atoms with Crippen LogP contribution in [0.5, 0.6) is 0 Å². The van der Waals surface area contributed by atoms with Crippen molar-refractivity contribution < 1.29 is 9.31 Å². The Balaban J connectivity index is 2.03. The first kappa shape index (κ1) is 13.9. The maximum absolute atomic E-state index is 13.9. The van der Waals surface area contributed by atoms with E-state index in [4.69, 9.17) is 0 Å². The molecule has 1 fully saturated rings. The molecule has 0 bridgehead atoms. The predicted octanol–water partition coefficient (Wildman–Crippen LogP) is 3.40. The van der Waals surface area contributed by atoms with Gasteiger partial charge in [-0.3, -0.25) is 10.1 Å². The monoisotopic (exact) mass is 266 g/mol. The van der Waals surface area contributed by atoms with Crippen LogP contribution in [0.25, 0.3) is 0 Å². The molecule has 1 aliphatic rings. The first-order valence-corrected chi connectivity index (χ1v) is 6.74. The fraction of sp³-hybridized carbons (Fsp3) is 0.571. The summed E-state index contributed by atoms with van der Waals surface area (Å²) >= 11 is 0. The maximum atomic E-state index is 13.9. The minimum Gasteiger partial charge on any atom is -0.310 e. The van der Waals surface area contributed by atoms with Gasteiger partial charge in [0.05, 0.1) is 4.92 Å². The van der Waals surface area contributed by atoms with Crippen molar-refractivity contribution in [1.82, 2.24) is 5.32 Å². The van der Waals surface area contributed by atoms with Crippen molar-refractivity contribution >= 4 is 5.69 Å². The average Bonchev–Trinajstić information content (AvgIpc) is 2.39. The highest BCUT2D eigenvalue weighted by atomic mass is 19.1. The van der Waals surface area contributed by atoms with Crippen molar-refractivity contribution in [3.05, 3.63) is 39.7 Å². The van der Waals surface area contributed by atoms with E-state index in [-0.39, 0.29) is 0 Å². The minimum absolute atomic E-state index is 0.350. The zero-order valence-corrected chi connectivity index (χ0v) is 11.1. The molecule has 1 aromatic carbocycles. The third-order valence-corrected chi connectivity index (χ3v) is 3.92. The molecule has 0 spiro atoms. The molecule has 2 atom stereocenters. The number of nitro groups is 1. The first-order valence-electron chi connectivity index (χ1n) is 6.74. The lowest BCUT2D eigenvalue weighted by Gasteiger charge is -2.29. The van der Waals surface area contributed by atoms with E-state index in [2.05, 4.69) is 12.2 Å². The molecule has 2 unspecified atom stereocenters. The second kappa shape index (κ2) is 6.10. The van der Waals surface area contributed by atoms with Gasteiger partial charge in [-0.15, -0.1) is 0 Å². The lowest BCUT2D eigenvalue weighted by molar-refractivity contribution is -0.387. The molecule has 104 valence electrons. The van der Waals surface area contributed by atoms with Crippen LogP contribution >= 0.6 is 0 Å². The molecule has 1 aromatic rings. The topological polar surface area (TPSA) is 55.2 Å². The fourth-order valence-electron chi connectivity index (χ4n) is 2.70. The summed E-state index contributed by atoms with van der Waals surface area (Å²) in [5, 5.41) is 14.0. The van der Waals surface area contributed by atoms with Crippen LogP contribution < -0.4 is 5.32 Å². The molecule has 0 aliphatic heterocycles. The highest BCUT2D eigenvalue weighted by molar-refractivity contribution is 5.36. The van der Waals surface area contributed by atoms with Crippen molar-refractivity contribution in [3.8, 4) is 0 Å². The smallest absolute Gasteiger partial charge is 0.305 e. The normalized spacial score (nSPS) is 23.3. The summed E-state index contributed by atoms with van der Waals surface area (Å²) < 4.78 is 13.9. The molecule has 0 saturated heterocycles. The molecule has 1 N–H and O–H groups in total. The van der Waals surface area contributed by atoms with Gasteiger partial charge in [0.25, 0.3) is 0 Å². The molecule has 5 heteroatoms. The molecule has 19 heavy (non-hydrogen) atoms. The second-order valence-corrected chi connectivity index (χ2v) is 5.26. The van der Waals surface area contributed by atoms with Crippen LogP contribution in [0.1, 0.15) is 38.2 Å². The number of nitrogens with one attached hydrogen (secondary N) is 1. The quantitative estimate of drug-likeness (QED) is 0.671. The number of hydrogen-bond donors (Lipinski definition) is 1. The van der Waals surface area contributed by atoms with E-state index < -0.39 is 16.4 Å². The maximum Gasteiger partial charge on any atom is 0.305 e. The number of halogens is 1. The number of benzene rings is 1. The zero-order valence-electron chi connectivity index (χ0n) is 11.1. The molecule has 0 radical (unpaired) electrons. The van der Waals surface area contributed by atoms with Gasteiger partial charge in [0, 0.05) is 24.2 Å². The molecule has 1 aliphatic carbocycles. The molecule has 0 heterocycles. The average molecular weight is 266 g/mol. The second-order valence-electron chi connectivity index (χ2n) is 5.26. The van der Waals surface area contributed by atoms with Crippen molar-refractivity contribution in [3.63, 3.8) is 0 Å². The van der Waals surface area contributed by atoms with Gasteiger partial charge in [0.15, 0.2) is 0 Å². The highest BCUT2D eigenvalue weighted by Gasteiger charge is 2.22. The van der Waals surface area contributed by atoms with Gasteiger partial charge >= 0.3 is 5.69 Å².